The van der Waals surface area contributed by atoms with Gasteiger partial charge in [-0.15, -0.1) is 11.3 Å². The van der Waals surface area contributed by atoms with E-state index >= 15 is 0 Å². The molecule has 0 bridgehead atoms. The molecular weight excluding hydrogens is 466 g/mol. The molecule has 0 saturated heterocycles. The van der Waals surface area contributed by atoms with Crippen molar-refractivity contribution in [2.45, 2.75) is 18.4 Å². The monoisotopic (exact) mass is 493 g/mol. The van der Waals surface area contributed by atoms with Gasteiger partial charge in [-0.2, -0.15) is 0 Å². The normalized spacial score (nSPS) is 12.3. The fourth-order valence-electron chi connectivity index (χ4n) is 3.45. The van der Waals surface area contributed by atoms with Crippen molar-refractivity contribution >= 4 is 27.0 Å². The predicted molar refractivity (Wildman–Crippen MR) is 137 cm³/mol. The van der Waals surface area contributed by atoms with Crippen molar-refractivity contribution in [2.75, 3.05) is 21.2 Å². The number of aryl methyl sites for hydroxylation is 1. The van der Waals surface area contributed by atoms with Gasteiger partial charge < -0.3 is 9.30 Å². The summed E-state index contributed by atoms with van der Waals surface area (Å²) < 4.78 is 33.6. The Hall–Kier alpha value is -3.20. The van der Waals surface area contributed by atoms with Gasteiger partial charge in [0.1, 0.15) is 5.75 Å². The van der Waals surface area contributed by atoms with Crippen LogP contribution in [0.1, 0.15) is 11.1 Å². The first-order valence-corrected chi connectivity index (χ1v) is 13.1. The van der Waals surface area contributed by atoms with Crippen LogP contribution in [0.15, 0.2) is 88.1 Å². The maximum absolute atomic E-state index is 12.5. The minimum Gasteiger partial charge on any atom is -0.497 e. The molecule has 0 fully saturated rings. The maximum Gasteiger partial charge on any atom is 0.242 e. The molecule has 0 unspecified atom stereocenters. The number of aromatic nitrogens is 1. The number of nitrogens with zero attached hydrogens (tertiary/aromatic N) is 3. The second-order valence-electron chi connectivity index (χ2n) is 8.10. The van der Waals surface area contributed by atoms with Crippen LogP contribution in [0.3, 0.4) is 0 Å². The number of hydrogen-bond acceptors (Lipinski definition) is 5. The molecule has 0 radical (unpaired) electrons. The summed E-state index contributed by atoms with van der Waals surface area (Å²) in [7, 11) is 1.23. The third-order valence-electron chi connectivity index (χ3n) is 5.48. The van der Waals surface area contributed by atoms with E-state index < -0.39 is 10.0 Å². The third-order valence-corrected chi connectivity index (χ3v) is 8.18. The van der Waals surface area contributed by atoms with Gasteiger partial charge in [0, 0.05) is 19.5 Å². The Morgan fingerprint density at radius 2 is 1.59 bits per heavy atom. The van der Waals surface area contributed by atoms with Crippen LogP contribution in [-0.4, -0.2) is 38.5 Å². The highest BCUT2D eigenvalue weighted by atomic mass is 32.2. The van der Waals surface area contributed by atoms with Crippen molar-refractivity contribution in [1.29, 1.82) is 0 Å². The Labute approximate surface area is 204 Å². The highest BCUT2D eigenvalue weighted by Crippen LogP contribution is 2.25. The highest BCUT2D eigenvalue weighted by Gasteiger charge is 2.17. The second-order valence-corrected chi connectivity index (χ2v) is 11.1. The van der Waals surface area contributed by atoms with Gasteiger partial charge in [-0.05, 0) is 54.4 Å². The molecule has 1 aromatic heterocycles. The molecule has 0 spiro atoms. The van der Waals surface area contributed by atoms with E-state index in [9.17, 15) is 8.42 Å². The van der Waals surface area contributed by atoms with Crippen molar-refractivity contribution in [1.82, 2.24) is 8.87 Å². The van der Waals surface area contributed by atoms with Crippen molar-refractivity contribution in [3.8, 4) is 17.0 Å². The Bertz CT molecular complexity index is 1430. The first kappa shape index (κ1) is 23.9. The number of ether oxygens (including phenoxy) is 1. The molecule has 0 amide bonds. The number of methoxy groups -OCH3 is 1. The lowest BCUT2D eigenvalue weighted by molar-refractivity contribution is 0.415. The quantitative estimate of drug-likeness (QED) is 0.361. The first-order chi connectivity index (χ1) is 16.3. The highest BCUT2D eigenvalue weighted by molar-refractivity contribution is 7.89. The summed E-state index contributed by atoms with van der Waals surface area (Å²) in [6, 6.07) is 23.1. The molecule has 3 aromatic carbocycles. The van der Waals surface area contributed by atoms with Crippen molar-refractivity contribution in [2.24, 2.45) is 4.99 Å². The molecule has 0 aliphatic rings. The minimum atomic E-state index is -3.48. The third kappa shape index (κ3) is 5.14. The molecule has 34 heavy (non-hydrogen) atoms. The smallest absolute Gasteiger partial charge is 0.242 e. The summed E-state index contributed by atoms with van der Waals surface area (Å²) in [4.78, 5) is 6.00. The Kier molecular flexibility index (Phi) is 7.02. The lowest BCUT2D eigenvalue weighted by atomic mass is 10.1. The average Bonchev–Trinajstić information content (AvgIpc) is 3.22. The first-order valence-electron chi connectivity index (χ1n) is 10.7. The van der Waals surface area contributed by atoms with Gasteiger partial charge in [0.25, 0.3) is 0 Å². The van der Waals surface area contributed by atoms with Gasteiger partial charge in [0.15, 0.2) is 4.80 Å². The zero-order valence-electron chi connectivity index (χ0n) is 19.6. The van der Waals surface area contributed by atoms with Gasteiger partial charge in [0.05, 0.1) is 29.9 Å². The largest absolute Gasteiger partial charge is 0.497 e. The van der Waals surface area contributed by atoms with Crippen LogP contribution >= 0.6 is 11.3 Å². The Balaban J connectivity index is 1.79. The van der Waals surface area contributed by atoms with E-state index in [0.29, 0.717) is 6.54 Å². The zero-order chi connectivity index (χ0) is 24.3. The fourth-order valence-corrected chi connectivity index (χ4v) is 5.28. The van der Waals surface area contributed by atoms with Crippen LogP contribution < -0.4 is 9.54 Å². The zero-order valence-corrected chi connectivity index (χ0v) is 21.2. The molecule has 0 saturated carbocycles. The van der Waals surface area contributed by atoms with Gasteiger partial charge in [-0.25, -0.2) is 17.7 Å². The average molecular weight is 494 g/mol. The lowest BCUT2D eigenvalue weighted by Crippen LogP contribution is -2.22. The molecule has 6 nitrogen and oxygen atoms in total. The van der Waals surface area contributed by atoms with Crippen LogP contribution in [0.25, 0.3) is 11.3 Å². The van der Waals surface area contributed by atoms with E-state index in [1.807, 2.05) is 36.4 Å². The van der Waals surface area contributed by atoms with Crippen molar-refractivity contribution in [3.63, 3.8) is 0 Å². The Morgan fingerprint density at radius 3 is 2.18 bits per heavy atom. The molecule has 0 atom stereocenters. The van der Waals surface area contributed by atoms with E-state index in [1.165, 1.54) is 24.0 Å². The molecule has 4 rings (SSSR count). The van der Waals surface area contributed by atoms with Gasteiger partial charge in [-0.3, -0.25) is 0 Å². The summed E-state index contributed by atoms with van der Waals surface area (Å²) in [5.41, 5.74) is 5.11. The minimum absolute atomic E-state index is 0.268. The summed E-state index contributed by atoms with van der Waals surface area (Å²) >= 11 is 1.55. The lowest BCUT2D eigenvalue weighted by Gasteiger charge is -2.13. The van der Waals surface area contributed by atoms with E-state index in [1.54, 1.807) is 30.6 Å². The number of thiazole rings is 1. The molecule has 0 aliphatic heterocycles. The second kappa shape index (κ2) is 9.97. The number of sulfonamides is 1. The van der Waals surface area contributed by atoms with Crippen LogP contribution in [0.2, 0.25) is 0 Å². The standard InChI is InChI=1S/C26H27N3O3S2/c1-19-5-7-20(8-6-19)17-29-25(21-9-15-24(16-10-21)34(30,31)28(2)3)18-33-26(29)27-22-11-13-23(32-4)14-12-22/h5-16,18H,17H2,1-4H3. The van der Waals surface area contributed by atoms with Crippen molar-refractivity contribution < 1.29 is 13.2 Å². The SMILES string of the molecule is COc1ccc(N=c2scc(-c3ccc(S(=O)(=O)N(C)C)cc3)n2Cc2ccc(C)cc2)cc1. The molecule has 0 aliphatic carbocycles. The van der Waals surface area contributed by atoms with Crippen LogP contribution in [0.5, 0.6) is 5.75 Å². The van der Waals surface area contributed by atoms with Crippen LogP contribution in [-0.2, 0) is 16.6 Å². The molecule has 1 heterocycles. The molecule has 176 valence electrons. The topological polar surface area (TPSA) is 63.9 Å². The molecule has 4 aromatic rings. The maximum atomic E-state index is 12.5. The van der Waals surface area contributed by atoms with Gasteiger partial charge in [-0.1, -0.05) is 42.0 Å². The van der Waals surface area contributed by atoms with E-state index in [2.05, 4.69) is 41.1 Å². The van der Waals surface area contributed by atoms with E-state index in [4.69, 9.17) is 9.73 Å². The van der Waals surface area contributed by atoms with Crippen molar-refractivity contribution in [3.05, 3.63) is 94.1 Å². The van der Waals surface area contributed by atoms with Gasteiger partial charge in [0.2, 0.25) is 10.0 Å². The summed E-state index contributed by atoms with van der Waals surface area (Å²) in [5.74, 6) is 0.783. The Morgan fingerprint density at radius 1 is 0.941 bits per heavy atom. The summed E-state index contributed by atoms with van der Waals surface area (Å²) in [5, 5.41) is 2.06. The molecular formula is C26H27N3O3S2. The molecule has 8 heteroatoms. The molecule has 0 N–H and O–H groups in total. The fraction of sp³-hybridized carbons (Fsp3) is 0.192. The van der Waals surface area contributed by atoms with Crippen LogP contribution in [0, 0.1) is 6.92 Å². The number of benzene rings is 3. The predicted octanol–water partition coefficient (Wildman–Crippen LogP) is 5.06. The summed E-state index contributed by atoms with van der Waals surface area (Å²) in [6.07, 6.45) is 0. The van der Waals surface area contributed by atoms with E-state index in [0.717, 1.165) is 33.1 Å². The summed E-state index contributed by atoms with van der Waals surface area (Å²) in [6.45, 7) is 2.71. The van der Waals surface area contributed by atoms with Gasteiger partial charge >= 0.3 is 0 Å². The van der Waals surface area contributed by atoms with Crippen LogP contribution in [0.4, 0.5) is 5.69 Å². The number of hydrogen-bond donors (Lipinski definition) is 0. The van der Waals surface area contributed by atoms with E-state index in [-0.39, 0.29) is 4.90 Å². The number of rotatable bonds is 7.